The van der Waals surface area contributed by atoms with Gasteiger partial charge in [-0.15, -0.1) is 0 Å². The van der Waals surface area contributed by atoms with Crippen LogP contribution >= 0.6 is 0 Å². The summed E-state index contributed by atoms with van der Waals surface area (Å²) in [6, 6.07) is -0.172. The number of anilines is 2. The molecular weight excluding hydrogens is 398 g/mol. The Morgan fingerprint density at radius 1 is 1.29 bits per heavy atom. The molecule has 2 aliphatic heterocycles. The van der Waals surface area contributed by atoms with Crippen LogP contribution in [0.15, 0.2) is 36.1 Å². The van der Waals surface area contributed by atoms with Gasteiger partial charge in [0.2, 0.25) is 0 Å². The van der Waals surface area contributed by atoms with Crippen molar-refractivity contribution in [1.29, 1.82) is 0 Å². The number of carbonyl (C=O) groups excluding carboxylic acids is 1. The van der Waals surface area contributed by atoms with Crippen LogP contribution in [-0.2, 0) is 14.2 Å². The number of nitrogens with zero attached hydrogens (tertiary/aromatic N) is 4. The van der Waals surface area contributed by atoms with E-state index in [9.17, 15) is 4.79 Å². The first-order valence-electron chi connectivity index (χ1n) is 11.1. The Morgan fingerprint density at radius 3 is 3.00 bits per heavy atom. The van der Waals surface area contributed by atoms with Crippen LogP contribution in [0.3, 0.4) is 0 Å². The number of morpholine rings is 1. The largest absolute Gasteiger partial charge is 0.494 e. The number of ether oxygens (including phenoxy) is 3. The first-order chi connectivity index (χ1) is 15.2. The van der Waals surface area contributed by atoms with Gasteiger partial charge in [0.1, 0.15) is 17.7 Å². The maximum Gasteiger partial charge on any atom is 0.323 e. The summed E-state index contributed by atoms with van der Waals surface area (Å²) in [5.74, 6) is 2.98. The number of allylic oxidation sites excluding steroid dienone is 3. The van der Waals surface area contributed by atoms with Crippen LogP contribution in [-0.4, -0.2) is 73.0 Å². The first-order valence-corrected chi connectivity index (χ1v) is 11.1. The van der Waals surface area contributed by atoms with Crippen LogP contribution in [0.5, 0.6) is 0 Å². The fourth-order valence-electron chi connectivity index (χ4n) is 3.99. The van der Waals surface area contributed by atoms with E-state index >= 15 is 0 Å². The van der Waals surface area contributed by atoms with Gasteiger partial charge in [-0.2, -0.15) is 0 Å². The van der Waals surface area contributed by atoms with E-state index in [0.29, 0.717) is 45.3 Å². The third-order valence-electron chi connectivity index (χ3n) is 5.55. The van der Waals surface area contributed by atoms with Gasteiger partial charge < -0.3 is 24.0 Å². The number of carbonyl (C=O) groups is 1. The Kier molecular flexibility index (Phi) is 7.24. The summed E-state index contributed by atoms with van der Waals surface area (Å²) >= 11 is 0. The molecule has 0 bridgehead atoms. The van der Waals surface area contributed by atoms with E-state index < -0.39 is 0 Å². The van der Waals surface area contributed by atoms with Gasteiger partial charge in [-0.05, 0) is 32.3 Å². The maximum absolute atomic E-state index is 12.4. The zero-order valence-electron chi connectivity index (χ0n) is 18.1. The average Bonchev–Trinajstić information content (AvgIpc) is 2.81. The third kappa shape index (κ3) is 5.66. The van der Waals surface area contributed by atoms with Gasteiger partial charge in [-0.1, -0.05) is 6.08 Å². The van der Waals surface area contributed by atoms with E-state index in [1.165, 1.54) is 0 Å². The zero-order valence-corrected chi connectivity index (χ0v) is 18.1. The second-order valence-electron chi connectivity index (χ2n) is 7.78. The number of urea groups is 1. The van der Waals surface area contributed by atoms with E-state index in [4.69, 9.17) is 14.2 Å². The monoisotopic (exact) mass is 429 g/mol. The Balaban J connectivity index is 1.38. The smallest absolute Gasteiger partial charge is 0.323 e. The Morgan fingerprint density at radius 2 is 2.16 bits per heavy atom. The molecule has 4 rings (SSSR count). The molecule has 1 aliphatic carbocycles. The van der Waals surface area contributed by atoms with Crippen molar-refractivity contribution in [3.05, 3.63) is 36.1 Å². The molecule has 2 fully saturated rings. The Hall–Kier alpha value is -2.81. The molecule has 31 heavy (non-hydrogen) atoms. The Labute approximate surface area is 183 Å². The molecule has 0 aromatic carbocycles. The summed E-state index contributed by atoms with van der Waals surface area (Å²) in [7, 11) is 0. The minimum atomic E-state index is -0.172. The lowest BCUT2D eigenvalue weighted by Gasteiger charge is -2.34. The normalized spacial score (nSPS) is 21.8. The highest BCUT2D eigenvalue weighted by atomic mass is 16.5. The predicted molar refractivity (Wildman–Crippen MR) is 117 cm³/mol. The Bertz CT molecular complexity index is 822. The lowest BCUT2D eigenvalue weighted by Crippen LogP contribution is -2.43. The summed E-state index contributed by atoms with van der Waals surface area (Å²) in [6.07, 6.45) is 11.4. The molecule has 1 N–H and O–H groups in total. The highest BCUT2D eigenvalue weighted by molar-refractivity contribution is 5.88. The van der Waals surface area contributed by atoms with Gasteiger partial charge in [0.15, 0.2) is 11.6 Å². The van der Waals surface area contributed by atoms with Crippen LogP contribution in [0.25, 0.3) is 0 Å². The van der Waals surface area contributed by atoms with Gasteiger partial charge in [0.25, 0.3) is 0 Å². The highest BCUT2D eigenvalue weighted by Gasteiger charge is 2.25. The molecule has 3 heterocycles. The van der Waals surface area contributed by atoms with Crippen LogP contribution in [0.4, 0.5) is 16.4 Å². The van der Waals surface area contributed by atoms with Gasteiger partial charge in [0, 0.05) is 26.1 Å². The van der Waals surface area contributed by atoms with E-state index in [2.05, 4.69) is 26.3 Å². The number of piperidine rings is 1. The van der Waals surface area contributed by atoms with Crippen molar-refractivity contribution >= 4 is 17.7 Å². The van der Waals surface area contributed by atoms with E-state index in [1.54, 1.807) is 17.3 Å². The van der Waals surface area contributed by atoms with Crippen LogP contribution in [0.2, 0.25) is 0 Å². The molecule has 168 valence electrons. The van der Waals surface area contributed by atoms with Gasteiger partial charge >= 0.3 is 6.03 Å². The number of amides is 2. The van der Waals surface area contributed by atoms with Crippen molar-refractivity contribution in [1.82, 2.24) is 14.9 Å². The SMILES string of the molecule is CCOC1=C(OC2CCCN(c3cncc(NC(=O)N4CCOCC4)n3)C2)C=CCC1. The number of hydrogen-bond acceptors (Lipinski definition) is 7. The topological polar surface area (TPSA) is 89.1 Å². The summed E-state index contributed by atoms with van der Waals surface area (Å²) in [5.41, 5.74) is 0. The molecule has 1 unspecified atom stereocenters. The zero-order chi connectivity index (χ0) is 21.5. The molecule has 3 aliphatic rings. The van der Waals surface area contributed by atoms with Crippen molar-refractivity contribution in [3.8, 4) is 0 Å². The lowest BCUT2D eigenvalue weighted by atomic mass is 10.1. The highest BCUT2D eigenvalue weighted by Crippen LogP contribution is 2.26. The number of rotatable bonds is 6. The fraction of sp³-hybridized carbons (Fsp3) is 0.591. The average molecular weight is 430 g/mol. The second kappa shape index (κ2) is 10.5. The van der Waals surface area contributed by atoms with Crippen LogP contribution < -0.4 is 10.2 Å². The fourth-order valence-corrected chi connectivity index (χ4v) is 3.99. The van der Waals surface area contributed by atoms with E-state index in [1.807, 2.05) is 13.0 Å². The van der Waals surface area contributed by atoms with Crippen molar-refractivity contribution in [3.63, 3.8) is 0 Å². The molecule has 0 saturated carbocycles. The van der Waals surface area contributed by atoms with Gasteiger partial charge in [-0.25, -0.2) is 9.78 Å². The molecule has 9 nitrogen and oxygen atoms in total. The van der Waals surface area contributed by atoms with Crippen molar-refractivity contribution in [2.45, 2.75) is 38.7 Å². The molecule has 2 saturated heterocycles. The van der Waals surface area contributed by atoms with E-state index in [-0.39, 0.29) is 12.1 Å². The van der Waals surface area contributed by atoms with Crippen molar-refractivity contribution in [2.75, 3.05) is 56.2 Å². The summed E-state index contributed by atoms with van der Waals surface area (Å²) in [4.78, 5) is 25.3. The maximum atomic E-state index is 12.4. The molecule has 9 heteroatoms. The summed E-state index contributed by atoms with van der Waals surface area (Å²) in [5, 5.41) is 2.85. The molecule has 1 aromatic heterocycles. The van der Waals surface area contributed by atoms with Gasteiger partial charge in [0.05, 0.1) is 38.8 Å². The van der Waals surface area contributed by atoms with Crippen molar-refractivity contribution < 1.29 is 19.0 Å². The van der Waals surface area contributed by atoms with Crippen LogP contribution in [0, 0.1) is 0 Å². The molecule has 1 aromatic rings. The molecule has 2 amide bonds. The van der Waals surface area contributed by atoms with Gasteiger partial charge in [-0.3, -0.25) is 10.3 Å². The number of hydrogen-bond donors (Lipinski definition) is 1. The second-order valence-corrected chi connectivity index (χ2v) is 7.78. The molecule has 0 spiro atoms. The predicted octanol–water partition coefficient (Wildman–Crippen LogP) is 2.92. The summed E-state index contributed by atoms with van der Waals surface area (Å²) in [6.45, 7) is 6.52. The minimum Gasteiger partial charge on any atom is -0.494 e. The standard InChI is InChI=1S/C22H31N5O4/c1-2-30-18-7-3-4-8-19(18)31-17-6-5-9-27(16-17)21-15-23-14-20(24-21)25-22(28)26-10-12-29-13-11-26/h4,8,14-15,17H,2-3,5-7,9-13,16H2,1H3,(H,24,25,28). The molecular formula is C22H31N5O4. The first kappa shape index (κ1) is 21.4. The molecule has 0 radical (unpaired) electrons. The van der Waals surface area contributed by atoms with E-state index in [0.717, 1.165) is 49.6 Å². The third-order valence-corrected chi connectivity index (χ3v) is 5.55. The lowest BCUT2D eigenvalue weighted by molar-refractivity contribution is 0.0564. The molecule has 1 atom stereocenters. The minimum absolute atomic E-state index is 0.0513. The van der Waals surface area contributed by atoms with Crippen LogP contribution in [0.1, 0.15) is 32.6 Å². The number of aromatic nitrogens is 2. The quantitative estimate of drug-likeness (QED) is 0.744. The number of nitrogens with one attached hydrogen (secondary N) is 1. The summed E-state index contributed by atoms with van der Waals surface area (Å²) < 4.78 is 17.4. The van der Waals surface area contributed by atoms with Crippen molar-refractivity contribution in [2.24, 2.45) is 0 Å².